The molecule has 88 valence electrons. The quantitative estimate of drug-likeness (QED) is 0.821. The molecule has 1 atom stereocenters. The Hall–Kier alpha value is -1.55. The van der Waals surface area contributed by atoms with Crippen LogP contribution in [0.5, 0.6) is 5.75 Å². The fraction of sp³-hybridized carbons (Fsp3) is 0.417. The molecule has 0 amide bonds. The van der Waals surface area contributed by atoms with Gasteiger partial charge < -0.3 is 14.9 Å². The van der Waals surface area contributed by atoms with Gasteiger partial charge in [0.25, 0.3) is 0 Å². The summed E-state index contributed by atoms with van der Waals surface area (Å²) in [4.78, 5) is 11.0. The number of hydrogen-bond acceptors (Lipinski definition) is 3. The second-order valence-corrected chi connectivity index (χ2v) is 3.80. The number of ether oxygens (including phenoxy) is 1. The smallest absolute Gasteiger partial charge is 0.310 e. The second kappa shape index (κ2) is 4.99. The SMILES string of the molecule is COCc1ccc(C)c(O)c1C(C)C(=O)O. The van der Waals surface area contributed by atoms with E-state index in [0.29, 0.717) is 23.3 Å². The average molecular weight is 224 g/mol. The molecular weight excluding hydrogens is 208 g/mol. The first kappa shape index (κ1) is 12.5. The Morgan fingerprint density at radius 2 is 2.12 bits per heavy atom. The van der Waals surface area contributed by atoms with Gasteiger partial charge in [-0.05, 0) is 25.0 Å². The van der Waals surface area contributed by atoms with E-state index in [1.807, 2.05) is 0 Å². The molecule has 0 aliphatic rings. The maximum absolute atomic E-state index is 11.0. The van der Waals surface area contributed by atoms with E-state index < -0.39 is 11.9 Å². The summed E-state index contributed by atoms with van der Waals surface area (Å²) in [5, 5.41) is 18.9. The molecule has 0 radical (unpaired) electrons. The minimum absolute atomic E-state index is 0.0458. The zero-order valence-electron chi connectivity index (χ0n) is 9.65. The highest BCUT2D eigenvalue weighted by molar-refractivity contribution is 5.77. The number of methoxy groups -OCH3 is 1. The molecule has 0 spiro atoms. The standard InChI is InChI=1S/C12H16O4/c1-7-4-5-9(6-16-3)10(11(7)13)8(2)12(14)15/h4-5,8,13H,6H2,1-3H3,(H,14,15). The lowest BCUT2D eigenvalue weighted by Gasteiger charge is -2.16. The van der Waals surface area contributed by atoms with Gasteiger partial charge in [0.15, 0.2) is 0 Å². The Balaban J connectivity index is 3.30. The van der Waals surface area contributed by atoms with Gasteiger partial charge in [-0.3, -0.25) is 4.79 Å². The zero-order chi connectivity index (χ0) is 12.3. The largest absolute Gasteiger partial charge is 0.507 e. The van der Waals surface area contributed by atoms with Crippen LogP contribution in [0.2, 0.25) is 0 Å². The van der Waals surface area contributed by atoms with Gasteiger partial charge in [-0.1, -0.05) is 12.1 Å². The molecule has 16 heavy (non-hydrogen) atoms. The molecule has 1 aromatic carbocycles. The fourth-order valence-electron chi connectivity index (χ4n) is 1.65. The Morgan fingerprint density at radius 1 is 1.50 bits per heavy atom. The lowest BCUT2D eigenvalue weighted by Crippen LogP contribution is -2.11. The first-order chi connectivity index (χ1) is 7.49. The molecule has 4 nitrogen and oxygen atoms in total. The van der Waals surface area contributed by atoms with Crippen molar-refractivity contribution in [1.29, 1.82) is 0 Å². The van der Waals surface area contributed by atoms with Crippen LogP contribution < -0.4 is 0 Å². The lowest BCUT2D eigenvalue weighted by molar-refractivity contribution is -0.138. The van der Waals surface area contributed by atoms with Crippen LogP contribution in [0.15, 0.2) is 12.1 Å². The number of phenolic OH excluding ortho intramolecular Hbond substituents is 1. The van der Waals surface area contributed by atoms with Crippen molar-refractivity contribution >= 4 is 5.97 Å². The van der Waals surface area contributed by atoms with E-state index in [-0.39, 0.29) is 5.75 Å². The molecule has 4 heteroatoms. The van der Waals surface area contributed by atoms with Crippen molar-refractivity contribution < 1.29 is 19.7 Å². The number of carboxylic acid groups (broad SMARTS) is 1. The number of carboxylic acids is 1. The molecule has 0 aliphatic carbocycles. The number of hydrogen-bond donors (Lipinski definition) is 2. The average Bonchev–Trinajstić information content (AvgIpc) is 2.23. The number of benzene rings is 1. The predicted octanol–water partition coefficient (Wildman–Crippen LogP) is 2.04. The van der Waals surface area contributed by atoms with E-state index in [9.17, 15) is 9.90 Å². The summed E-state index contributed by atoms with van der Waals surface area (Å²) in [6, 6.07) is 3.54. The van der Waals surface area contributed by atoms with Crippen molar-refractivity contribution in [1.82, 2.24) is 0 Å². The van der Waals surface area contributed by atoms with Gasteiger partial charge in [0.1, 0.15) is 5.75 Å². The van der Waals surface area contributed by atoms with Crippen LogP contribution in [0.25, 0.3) is 0 Å². The molecule has 0 saturated heterocycles. The molecule has 1 rings (SSSR count). The second-order valence-electron chi connectivity index (χ2n) is 3.80. The molecule has 0 saturated carbocycles. The summed E-state index contributed by atoms with van der Waals surface area (Å²) in [6.45, 7) is 3.58. The van der Waals surface area contributed by atoms with Gasteiger partial charge in [0.05, 0.1) is 12.5 Å². The third kappa shape index (κ3) is 2.33. The minimum atomic E-state index is -0.960. The van der Waals surface area contributed by atoms with E-state index >= 15 is 0 Å². The maximum Gasteiger partial charge on any atom is 0.310 e. The summed E-state index contributed by atoms with van der Waals surface area (Å²) in [5.74, 6) is -1.66. The number of phenols is 1. The molecule has 0 bridgehead atoms. The van der Waals surface area contributed by atoms with E-state index in [0.717, 1.165) is 0 Å². The van der Waals surface area contributed by atoms with Crippen molar-refractivity contribution in [2.75, 3.05) is 7.11 Å². The van der Waals surface area contributed by atoms with Gasteiger partial charge in [0.2, 0.25) is 0 Å². The van der Waals surface area contributed by atoms with Crippen LogP contribution >= 0.6 is 0 Å². The Kier molecular flexibility index (Phi) is 3.90. The number of aromatic hydroxyl groups is 1. The summed E-state index contributed by atoms with van der Waals surface area (Å²) < 4.78 is 4.99. The van der Waals surface area contributed by atoms with Crippen molar-refractivity contribution in [3.8, 4) is 5.75 Å². The minimum Gasteiger partial charge on any atom is -0.507 e. The van der Waals surface area contributed by atoms with Crippen LogP contribution in [-0.2, 0) is 16.1 Å². The molecular formula is C12H16O4. The molecule has 0 heterocycles. The van der Waals surface area contributed by atoms with Gasteiger partial charge >= 0.3 is 5.97 Å². The number of rotatable bonds is 4. The van der Waals surface area contributed by atoms with E-state index in [1.165, 1.54) is 7.11 Å². The van der Waals surface area contributed by atoms with Crippen molar-refractivity contribution in [2.45, 2.75) is 26.4 Å². The van der Waals surface area contributed by atoms with Gasteiger partial charge in [-0.25, -0.2) is 0 Å². The molecule has 0 aromatic heterocycles. The molecule has 0 fully saturated rings. The third-order valence-electron chi connectivity index (χ3n) is 2.61. The first-order valence-corrected chi connectivity index (χ1v) is 5.02. The molecule has 0 aliphatic heterocycles. The van der Waals surface area contributed by atoms with Crippen LogP contribution in [0.3, 0.4) is 0 Å². The Bertz CT molecular complexity index is 398. The highest BCUT2D eigenvalue weighted by Gasteiger charge is 2.22. The van der Waals surface area contributed by atoms with Crippen molar-refractivity contribution in [3.05, 3.63) is 28.8 Å². The zero-order valence-corrected chi connectivity index (χ0v) is 9.65. The number of aryl methyl sites for hydroxylation is 1. The number of carbonyl (C=O) groups is 1. The van der Waals surface area contributed by atoms with E-state index in [1.54, 1.807) is 26.0 Å². The highest BCUT2D eigenvalue weighted by Crippen LogP contribution is 2.32. The Morgan fingerprint density at radius 3 is 2.62 bits per heavy atom. The number of aliphatic carboxylic acids is 1. The summed E-state index contributed by atoms with van der Waals surface area (Å²) in [6.07, 6.45) is 0. The monoisotopic (exact) mass is 224 g/mol. The topological polar surface area (TPSA) is 66.8 Å². The summed E-state index contributed by atoms with van der Waals surface area (Å²) >= 11 is 0. The van der Waals surface area contributed by atoms with Crippen molar-refractivity contribution in [2.24, 2.45) is 0 Å². The summed E-state index contributed by atoms with van der Waals surface area (Å²) in [5.41, 5.74) is 1.82. The van der Waals surface area contributed by atoms with Crippen molar-refractivity contribution in [3.63, 3.8) is 0 Å². The molecule has 1 aromatic rings. The lowest BCUT2D eigenvalue weighted by atomic mass is 9.93. The normalized spacial score (nSPS) is 12.4. The van der Waals surface area contributed by atoms with Crippen LogP contribution in [-0.4, -0.2) is 23.3 Å². The van der Waals surface area contributed by atoms with Crippen LogP contribution in [0, 0.1) is 6.92 Å². The van der Waals surface area contributed by atoms with E-state index in [4.69, 9.17) is 9.84 Å². The van der Waals surface area contributed by atoms with Gasteiger partial charge in [-0.2, -0.15) is 0 Å². The summed E-state index contributed by atoms with van der Waals surface area (Å²) in [7, 11) is 1.53. The van der Waals surface area contributed by atoms with E-state index in [2.05, 4.69) is 0 Å². The maximum atomic E-state index is 11.0. The first-order valence-electron chi connectivity index (χ1n) is 5.02. The third-order valence-corrected chi connectivity index (χ3v) is 2.61. The molecule has 2 N–H and O–H groups in total. The predicted molar refractivity (Wildman–Crippen MR) is 59.6 cm³/mol. The highest BCUT2D eigenvalue weighted by atomic mass is 16.5. The van der Waals surface area contributed by atoms with Gasteiger partial charge in [0, 0.05) is 12.7 Å². The molecule has 1 unspecified atom stereocenters. The fourth-order valence-corrected chi connectivity index (χ4v) is 1.65. The Labute approximate surface area is 94.5 Å². The van der Waals surface area contributed by atoms with Crippen LogP contribution in [0.4, 0.5) is 0 Å². The van der Waals surface area contributed by atoms with Gasteiger partial charge in [-0.15, -0.1) is 0 Å². The van der Waals surface area contributed by atoms with Crippen LogP contribution in [0.1, 0.15) is 29.5 Å².